The first-order chi connectivity index (χ1) is 11.4. The van der Waals surface area contributed by atoms with Crippen molar-refractivity contribution in [2.75, 3.05) is 5.73 Å². The Morgan fingerprint density at radius 3 is 2.58 bits per heavy atom. The first-order valence-electron chi connectivity index (χ1n) is 7.61. The standard InChI is InChI=1S/C19H18ClN3O/c1-11-8-15(5-7-18(11)21)19-17-10-16(20)6-4-14(17)9-12(2)23(22-19)13(3)24/h4-10H,21H2,1-3H3. The van der Waals surface area contributed by atoms with E-state index in [2.05, 4.69) is 5.10 Å². The van der Waals surface area contributed by atoms with E-state index in [-0.39, 0.29) is 5.91 Å². The van der Waals surface area contributed by atoms with E-state index in [9.17, 15) is 4.79 Å². The molecule has 2 aromatic rings. The van der Waals surface area contributed by atoms with Crippen molar-refractivity contribution in [3.8, 4) is 0 Å². The number of nitrogens with zero attached hydrogens (tertiary/aromatic N) is 2. The summed E-state index contributed by atoms with van der Waals surface area (Å²) in [6.07, 6.45) is 1.94. The molecule has 24 heavy (non-hydrogen) atoms. The third-order valence-electron chi connectivity index (χ3n) is 4.01. The Hall–Kier alpha value is -2.59. The summed E-state index contributed by atoms with van der Waals surface area (Å²) in [6.45, 7) is 5.30. The molecule has 122 valence electrons. The Balaban J connectivity index is 2.28. The average molecular weight is 340 g/mol. The van der Waals surface area contributed by atoms with Crippen LogP contribution < -0.4 is 5.73 Å². The van der Waals surface area contributed by atoms with Crippen LogP contribution in [0.4, 0.5) is 5.69 Å². The number of nitrogens with two attached hydrogens (primary N) is 1. The number of halogens is 1. The van der Waals surface area contributed by atoms with Gasteiger partial charge in [-0.15, -0.1) is 0 Å². The highest BCUT2D eigenvalue weighted by Crippen LogP contribution is 2.28. The molecule has 0 aliphatic carbocycles. The molecule has 0 aromatic heterocycles. The Bertz CT molecular complexity index is 899. The predicted molar refractivity (Wildman–Crippen MR) is 98.9 cm³/mol. The first kappa shape index (κ1) is 16.3. The number of rotatable bonds is 1. The zero-order chi connectivity index (χ0) is 17.4. The second kappa shape index (κ2) is 6.13. The highest BCUT2D eigenvalue weighted by atomic mass is 35.5. The third kappa shape index (κ3) is 2.93. The molecule has 4 nitrogen and oxygen atoms in total. The second-order valence-electron chi connectivity index (χ2n) is 5.87. The molecule has 2 N–H and O–H groups in total. The normalized spacial score (nSPS) is 13.8. The molecule has 1 amide bonds. The summed E-state index contributed by atoms with van der Waals surface area (Å²) in [7, 11) is 0. The van der Waals surface area contributed by atoms with Gasteiger partial charge in [0.05, 0.1) is 5.71 Å². The highest BCUT2D eigenvalue weighted by molar-refractivity contribution is 6.31. The maximum Gasteiger partial charge on any atom is 0.243 e. The van der Waals surface area contributed by atoms with Crippen LogP contribution in [0.2, 0.25) is 5.02 Å². The predicted octanol–water partition coefficient (Wildman–Crippen LogP) is 4.21. The number of carbonyl (C=O) groups is 1. The van der Waals surface area contributed by atoms with Gasteiger partial charge in [0.25, 0.3) is 0 Å². The monoisotopic (exact) mass is 339 g/mol. The quantitative estimate of drug-likeness (QED) is 0.791. The van der Waals surface area contributed by atoms with Crippen molar-refractivity contribution in [2.24, 2.45) is 5.10 Å². The maximum absolute atomic E-state index is 12.0. The lowest BCUT2D eigenvalue weighted by Crippen LogP contribution is -2.22. The van der Waals surface area contributed by atoms with Crippen LogP contribution in [0, 0.1) is 6.92 Å². The van der Waals surface area contributed by atoms with Gasteiger partial charge in [-0.2, -0.15) is 5.10 Å². The molecule has 0 saturated heterocycles. The van der Waals surface area contributed by atoms with E-state index in [4.69, 9.17) is 17.3 Å². The fourth-order valence-corrected chi connectivity index (χ4v) is 2.91. The summed E-state index contributed by atoms with van der Waals surface area (Å²) >= 11 is 6.20. The lowest BCUT2D eigenvalue weighted by atomic mass is 9.96. The van der Waals surface area contributed by atoms with Gasteiger partial charge in [0.2, 0.25) is 5.91 Å². The Labute approximate surface area is 146 Å². The van der Waals surface area contributed by atoms with Crippen LogP contribution in [-0.4, -0.2) is 16.6 Å². The minimum atomic E-state index is -0.146. The van der Waals surface area contributed by atoms with E-state index in [1.54, 1.807) is 0 Å². The molecule has 0 fully saturated rings. The van der Waals surface area contributed by atoms with Gasteiger partial charge in [-0.3, -0.25) is 4.79 Å². The number of anilines is 1. The average Bonchev–Trinajstić information content (AvgIpc) is 2.66. The van der Waals surface area contributed by atoms with Gasteiger partial charge in [-0.05, 0) is 55.3 Å². The SMILES string of the molecule is CC(=O)N1N=C(c2ccc(N)c(C)c2)c2cc(Cl)ccc2C=C1C. The number of fused-ring (bicyclic) bond motifs is 1. The van der Waals surface area contributed by atoms with Crippen molar-refractivity contribution in [1.82, 2.24) is 5.01 Å². The van der Waals surface area contributed by atoms with Gasteiger partial charge < -0.3 is 5.73 Å². The molecular weight excluding hydrogens is 322 g/mol. The number of allylic oxidation sites excluding steroid dienone is 1. The highest BCUT2D eigenvalue weighted by Gasteiger charge is 2.21. The third-order valence-corrected chi connectivity index (χ3v) is 4.25. The largest absolute Gasteiger partial charge is 0.399 e. The van der Waals surface area contributed by atoms with Crippen molar-refractivity contribution in [3.63, 3.8) is 0 Å². The number of amides is 1. The lowest BCUT2D eigenvalue weighted by molar-refractivity contribution is -0.126. The van der Waals surface area contributed by atoms with Crippen molar-refractivity contribution < 1.29 is 4.79 Å². The number of nitrogen functional groups attached to an aromatic ring is 1. The summed E-state index contributed by atoms with van der Waals surface area (Å²) in [5.41, 5.74) is 11.8. The molecule has 0 saturated carbocycles. The molecule has 2 aromatic carbocycles. The zero-order valence-corrected chi connectivity index (χ0v) is 14.6. The molecule has 0 unspecified atom stereocenters. The molecule has 5 heteroatoms. The van der Waals surface area contributed by atoms with Gasteiger partial charge in [0.1, 0.15) is 0 Å². The molecular formula is C19H18ClN3O. The summed E-state index contributed by atoms with van der Waals surface area (Å²) in [6, 6.07) is 11.4. The van der Waals surface area contributed by atoms with Crippen molar-refractivity contribution in [2.45, 2.75) is 20.8 Å². The van der Waals surface area contributed by atoms with E-state index in [1.807, 2.05) is 56.3 Å². The summed E-state index contributed by atoms with van der Waals surface area (Å²) in [5.74, 6) is -0.146. The lowest BCUT2D eigenvalue weighted by Gasteiger charge is -2.16. The molecule has 1 aliphatic heterocycles. The number of benzene rings is 2. The number of carbonyl (C=O) groups excluding carboxylic acids is 1. The van der Waals surface area contributed by atoms with Gasteiger partial charge in [0, 0.05) is 34.5 Å². The molecule has 0 radical (unpaired) electrons. The van der Waals surface area contributed by atoms with E-state index in [0.29, 0.717) is 10.7 Å². The van der Waals surface area contributed by atoms with Gasteiger partial charge in [-0.1, -0.05) is 23.7 Å². The zero-order valence-electron chi connectivity index (χ0n) is 13.8. The first-order valence-corrected chi connectivity index (χ1v) is 7.98. The Morgan fingerprint density at radius 2 is 1.92 bits per heavy atom. The molecule has 0 spiro atoms. The number of hydrogen-bond acceptors (Lipinski definition) is 3. The van der Waals surface area contributed by atoms with Crippen LogP contribution in [0.1, 0.15) is 36.1 Å². The number of hydrogen-bond donors (Lipinski definition) is 1. The molecule has 1 aliphatic rings. The van der Waals surface area contributed by atoms with Crippen LogP contribution >= 0.6 is 11.6 Å². The minimum Gasteiger partial charge on any atom is -0.399 e. The van der Waals surface area contributed by atoms with Gasteiger partial charge in [-0.25, -0.2) is 5.01 Å². The van der Waals surface area contributed by atoms with Crippen LogP contribution in [0.5, 0.6) is 0 Å². The maximum atomic E-state index is 12.0. The second-order valence-corrected chi connectivity index (χ2v) is 6.30. The van der Waals surface area contributed by atoms with Crippen LogP contribution in [-0.2, 0) is 4.79 Å². The summed E-state index contributed by atoms with van der Waals surface area (Å²) < 4.78 is 0. The van der Waals surface area contributed by atoms with Crippen molar-refractivity contribution in [1.29, 1.82) is 0 Å². The van der Waals surface area contributed by atoms with Gasteiger partial charge in [0.15, 0.2) is 0 Å². The van der Waals surface area contributed by atoms with E-state index < -0.39 is 0 Å². The fraction of sp³-hybridized carbons (Fsp3) is 0.158. The number of aryl methyl sites for hydroxylation is 1. The Morgan fingerprint density at radius 1 is 1.17 bits per heavy atom. The van der Waals surface area contributed by atoms with E-state index in [0.717, 1.165) is 33.6 Å². The summed E-state index contributed by atoms with van der Waals surface area (Å²) in [5, 5.41) is 6.65. The number of hydrazone groups is 1. The fourth-order valence-electron chi connectivity index (χ4n) is 2.73. The van der Waals surface area contributed by atoms with E-state index >= 15 is 0 Å². The van der Waals surface area contributed by atoms with Crippen LogP contribution in [0.25, 0.3) is 6.08 Å². The van der Waals surface area contributed by atoms with Crippen LogP contribution in [0.3, 0.4) is 0 Å². The minimum absolute atomic E-state index is 0.146. The summed E-state index contributed by atoms with van der Waals surface area (Å²) in [4.78, 5) is 12.0. The smallest absolute Gasteiger partial charge is 0.243 e. The van der Waals surface area contributed by atoms with Gasteiger partial charge >= 0.3 is 0 Å². The molecule has 3 rings (SSSR count). The van der Waals surface area contributed by atoms with Crippen molar-refractivity contribution >= 4 is 35.0 Å². The molecule has 0 atom stereocenters. The van der Waals surface area contributed by atoms with E-state index in [1.165, 1.54) is 11.9 Å². The molecule has 0 bridgehead atoms. The topological polar surface area (TPSA) is 58.7 Å². The molecule has 1 heterocycles. The van der Waals surface area contributed by atoms with Crippen LogP contribution in [0.15, 0.2) is 47.2 Å². The van der Waals surface area contributed by atoms with Crippen molar-refractivity contribution in [3.05, 3.63) is 69.4 Å². The Kier molecular flexibility index (Phi) is 4.16.